The van der Waals surface area contributed by atoms with E-state index >= 15 is 0 Å². The molecule has 1 fully saturated rings. The number of ether oxygens (including phenoxy) is 1. The van der Waals surface area contributed by atoms with Gasteiger partial charge in [0, 0.05) is 37.6 Å². The van der Waals surface area contributed by atoms with E-state index in [1.54, 1.807) is 6.20 Å². The van der Waals surface area contributed by atoms with E-state index in [0.29, 0.717) is 18.3 Å². The quantitative estimate of drug-likeness (QED) is 0.751. The van der Waals surface area contributed by atoms with E-state index in [0.717, 1.165) is 38.2 Å². The maximum atomic E-state index is 5.61. The molecule has 7 heteroatoms. The van der Waals surface area contributed by atoms with E-state index in [-0.39, 0.29) is 6.10 Å². The van der Waals surface area contributed by atoms with Crippen LogP contribution in [0.15, 0.2) is 24.4 Å². The van der Waals surface area contributed by atoms with Crippen LogP contribution in [0.3, 0.4) is 0 Å². The van der Waals surface area contributed by atoms with Gasteiger partial charge in [0.2, 0.25) is 5.95 Å². The van der Waals surface area contributed by atoms with Crippen molar-refractivity contribution in [3.8, 4) is 0 Å². The van der Waals surface area contributed by atoms with Crippen molar-refractivity contribution in [1.82, 2.24) is 15.2 Å². The standard InChI is InChI=1S/C19H28N6O/c1-4-25(5-2)15-8-9-17(14(3)11-15)22-18-13-21-24-19(23-18)20-12-16-7-6-10-26-16/h8-9,11,13,16H,4-7,10,12H2,1-3H3,(H2,20,22,23,24). The van der Waals surface area contributed by atoms with Gasteiger partial charge in [-0.25, -0.2) is 0 Å². The fourth-order valence-corrected chi connectivity index (χ4v) is 3.16. The zero-order chi connectivity index (χ0) is 18.4. The molecule has 0 bridgehead atoms. The average Bonchev–Trinajstić information content (AvgIpc) is 3.17. The number of nitrogens with zero attached hydrogens (tertiary/aromatic N) is 4. The zero-order valence-corrected chi connectivity index (χ0v) is 15.8. The summed E-state index contributed by atoms with van der Waals surface area (Å²) in [6, 6.07) is 6.42. The molecule has 0 radical (unpaired) electrons. The number of nitrogens with one attached hydrogen (secondary N) is 2. The Hall–Kier alpha value is -2.41. The lowest BCUT2D eigenvalue weighted by Gasteiger charge is -2.22. The molecule has 1 aliphatic rings. The van der Waals surface area contributed by atoms with Crippen molar-refractivity contribution in [3.63, 3.8) is 0 Å². The predicted molar refractivity (Wildman–Crippen MR) is 105 cm³/mol. The molecule has 3 rings (SSSR count). The van der Waals surface area contributed by atoms with Crippen molar-refractivity contribution >= 4 is 23.1 Å². The van der Waals surface area contributed by atoms with Crippen molar-refractivity contribution < 1.29 is 4.74 Å². The molecule has 1 aromatic carbocycles. The summed E-state index contributed by atoms with van der Waals surface area (Å²) in [5.74, 6) is 1.19. The summed E-state index contributed by atoms with van der Waals surface area (Å²) in [6.07, 6.45) is 4.08. The lowest BCUT2D eigenvalue weighted by molar-refractivity contribution is 0.120. The second-order valence-corrected chi connectivity index (χ2v) is 6.48. The number of hydrogen-bond acceptors (Lipinski definition) is 7. The molecule has 2 aromatic rings. The van der Waals surface area contributed by atoms with Crippen molar-refractivity contribution in [2.45, 2.75) is 39.7 Å². The smallest absolute Gasteiger partial charge is 0.244 e. The van der Waals surface area contributed by atoms with Crippen molar-refractivity contribution in [1.29, 1.82) is 0 Å². The van der Waals surface area contributed by atoms with Gasteiger partial charge in [-0.05, 0) is 57.4 Å². The molecule has 7 nitrogen and oxygen atoms in total. The Morgan fingerprint density at radius 1 is 1.27 bits per heavy atom. The van der Waals surface area contributed by atoms with E-state index < -0.39 is 0 Å². The molecule has 0 amide bonds. The van der Waals surface area contributed by atoms with Crippen molar-refractivity contribution in [3.05, 3.63) is 30.0 Å². The van der Waals surface area contributed by atoms with E-state index in [4.69, 9.17) is 4.74 Å². The predicted octanol–water partition coefficient (Wildman–Crippen LogP) is 3.36. The lowest BCUT2D eigenvalue weighted by Crippen LogP contribution is -2.21. The molecule has 1 aliphatic heterocycles. The van der Waals surface area contributed by atoms with E-state index in [2.05, 4.69) is 69.7 Å². The van der Waals surface area contributed by atoms with Crippen LogP contribution in [0.5, 0.6) is 0 Å². The van der Waals surface area contributed by atoms with Gasteiger partial charge < -0.3 is 20.3 Å². The SMILES string of the molecule is CCN(CC)c1ccc(Nc2cnnc(NCC3CCCO3)n2)c(C)c1. The lowest BCUT2D eigenvalue weighted by atomic mass is 10.1. The Morgan fingerprint density at radius 3 is 2.81 bits per heavy atom. The Balaban J connectivity index is 1.65. The number of rotatable bonds is 8. The Morgan fingerprint density at radius 2 is 2.12 bits per heavy atom. The van der Waals surface area contributed by atoms with Gasteiger partial charge in [-0.2, -0.15) is 10.1 Å². The third-order valence-corrected chi connectivity index (χ3v) is 4.67. The molecule has 2 heterocycles. The maximum Gasteiger partial charge on any atom is 0.244 e. The fourth-order valence-electron chi connectivity index (χ4n) is 3.16. The highest BCUT2D eigenvalue weighted by Gasteiger charge is 2.15. The van der Waals surface area contributed by atoms with Gasteiger partial charge >= 0.3 is 0 Å². The minimum absolute atomic E-state index is 0.241. The molecule has 2 N–H and O–H groups in total. The first-order valence-corrected chi connectivity index (χ1v) is 9.37. The zero-order valence-electron chi connectivity index (χ0n) is 15.8. The highest BCUT2D eigenvalue weighted by Crippen LogP contribution is 2.25. The summed E-state index contributed by atoms with van der Waals surface area (Å²) >= 11 is 0. The largest absolute Gasteiger partial charge is 0.376 e. The Bertz CT molecular complexity index is 713. The van der Waals surface area contributed by atoms with Crippen LogP contribution in [0, 0.1) is 6.92 Å². The Kier molecular flexibility index (Phi) is 6.22. The minimum Gasteiger partial charge on any atom is -0.376 e. The van der Waals surface area contributed by atoms with E-state index in [1.807, 2.05) is 0 Å². The molecule has 1 saturated heterocycles. The number of aromatic nitrogens is 3. The van der Waals surface area contributed by atoms with Gasteiger partial charge in [-0.1, -0.05) is 0 Å². The van der Waals surface area contributed by atoms with Gasteiger partial charge in [0.25, 0.3) is 0 Å². The Labute approximate surface area is 155 Å². The molecule has 1 aromatic heterocycles. The van der Waals surface area contributed by atoms with E-state index in [1.165, 1.54) is 11.3 Å². The first kappa shape index (κ1) is 18.4. The molecule has 1 atom stereocenters. The van der Waals surface area contributed by atoms with Gasteiger partial charge in [0.1, 0.15) is 0 Å². The number of hydrogen-bond donors (Lipinski definition) is 2. The minimum atomic E-state index is 0.241. The van der Waals surface area contributed by atoms with Crippen LogP contribution in [-0.4, -0.2) is 47.5 Å². The van der Waals surface area contributed by atoms with Gasteiger partial charge in [0.15, 0.2) is 5.82 Å². The summed E-state index contributed by atoms with van der Waals surface area (Å²) in [5.41, 5.74) is 3.42. The maximum absolute atomic E-state index is 5.61. The van der Waals surface area contributed by atoms with Crippen LogP contribution < -0.4 is 15.5 Å². The molecule has 0 spiro atoms. The van der Waals surface area contributed by atoms with Gasteiger partial charge in [0.05, 0.1) is 12.3 Å². The molecule has 1 unspecified atom stereocenters. The second kappa shape index (κ2) is 8.80. The monoisotopic (exact) mass is 356 g/mol. The first-order chi connectivity index (χ1) is 12.7. The molecule has 0 saturated carbocycles. The summed E-state index contributed by atoms with van der Waals surface area (Å²) < 4.78 is 5.61. The highest BCUT2D eigenvalue weighted by atomic mass is 16.5. The summed E-state index contributed by atoms with van der Waals surface area (Å²) in [7, 11) is 0. The van der Waals surface area contributed by atoms with Gasteiger partial charge in [-0.15, -0.1) is 5.10 Å². The average molecular weight is 356 g/mol. The fraction of sp³-hybridized carbons (Fsp3) is 0.526. The number of anilines is 4. The van der Waals surface area contributed by atoms with Crippen LogP contribution in [0.1, 0.15) is 32.3 Å². The molecule has 140 valence electrons. The van der Waals surface area contributed by atoms with Crippen LogP contribution >= 0.6 is 0 Å². The van der Waals surface area contributed by atoms with Crippen molar-refractivity contribution in [2.75, 3.05) is 41.8 Å². The second-order valence-electron chi connectivity index (χ2n) is 6.48. The topological polar surface area (TPSA) is 75.2 Å². The summed E-state index contributed by atoms with van der Waals surface area (Å²) in [4.78, 5) is 6.83. The first-order valence-electron chi connectivity index (χ1n) is 9.37. The summed E-state index contributed by atoms with van der Waals surface area (Å²) in [5, 5.41) is 14.6. The number of benzene rings is 1. The third-order valence-electron chi connectivity index (χ3n) is 4.67. The van der Waals surface area contributed by atoms with E-state index in [9.17, 15) is 0 Å². The molecule has 26 heavy (non-hydrogen) atoms. The molecular weight excluding hydrogens is 328 g/mol. The van der Waals surface area contributed by atoms with Crippen LogP contribution in [-0.2, 0) is 4.74 Å². The number of aryl methyl sites for hydroxylation is 1. The van der Waals surface area contributed by atoms with Gasteiger partial charge in [-0.3, -0.25) is 0 Å². The van der Waals surface area contributed by atoms with Crippen LogP contribution in [0.2, 0.25) is 0 Å². The van der Waals surface area contributed by atoms with Crippen molar-refractivity contribution in [2.24, 2.45) is 0 Å². The third kappa shape index (κ3) is 4.60. The van der Waals surface area contributed by atoms with Crippen LogP contribution in [0.4, 0.5) is 23.1 Å². The summed E-state index contributed by atoms with van der Waals surface area (Å²) in [6.45, 7) is 9.99. The molecule has 0 aliphatic carbocycles. The normalized spacial score (nSPS) is 16.5. The molecular formula is C19H28N6O. The van der Waals surface area contributed by atoms with Crippen LogP contribution in [0.25, 0.3) is 0 Å². The highest BCUT2D eigenvalue weighted by molar-refractivity contribution is 5.65.